The molecule has 0 saturated carbocycles. The zero-order valence-electron chi connectivity index (χ0n) is 12.2. The van der Waals surface area contributed by atoms with Crippen molar-refractivity contribution in [3.05, 3.63) is 24.3 Å². The molecule has 0 aromatic carbocycles. The van der Waals surface area contributed by atoms with Crippen LogP contribution in [0.2, 0.25) is 0 Å². The lowest BCUT2D eigenvalue weighted by Gasteiger charge is -1.99. The molecule has 0 aliphatic rings. The standard InChI is InChI=1S/C17H31Cl/c1-2-3-4-5-6-7-8-9-10-11-12-13-14-15-16-17-18/h5-8H,2-4,9-17H2,1H3/b6-5+,8-7-. The van der Waals surface area contributed by atoms with E-state index in [0.29, 0.717) is 0 Å². The fourth-order valence-electron chi connectivity index (χ4n) is 1.91. The molecular formula is C17H31Cl. The third kappa shape index (κ3) is 15.8. The molecular weight excluding hydrogens is 240 g/mol. The van der Waals surface area contributed by atoms with Crippen molar-refractivity contribution >= 4 is 11.6 Å². The highest BCUT2D eigenvalue weighted by molar-refractivity contribution is 6.17. The topological polar surface area (TPSA) is 0 Å². The fourth-order valence-corrected chi connectivity index (χ4v) is 2.10. The maximum Gasteiger partial charge on any atom is 0.0223 e. The van der Waals surface area contributed by atoms with Crippen LogP contribution in [0, 0.1) is 0 Å². The first kappa shape index (κ1) is 17.8. The van der Waals surface area contributed by atoms with Gasteiger partial charge in [-0.05, 0) is 25.7 Å². The maximum atomic E-state index is 5.64. The van der Waals surface area contributed by atoms with Gasteiger partial charge in [0.2, 0.25) is 0 Å². The van der Waals surface area contributed by atoms with E-state index >= 15 is 0 Å². The van der Waals surface area contributed by atoms with Crippen molar-refractivity contribution in [1.29, 1.82) is 0 Å². The van der Waals surface area contributed by atoms with Crippen LogP contribution in [0.1, 0.15) is 77.6 Å². The highest BCUT2D eigenvalue weighted by atomic mass is 35.5. The first-order valence-electron chi connectivity index (χ1n) is 7.79. The smallest absolute Gasteiger partial charge is 0.0223 e. The van der Waals surface area contributed by atoms with Crippen molar-refractivity contribution in [2.45, 2.75) is 77.6 Å². The highest BCUT2D eigenvalue weighted by Gasteiger charge is 1.90. The third-order valence-corrected chi connectivity index (χ3v) is 3.38. The van der Waals surface area contributed by atoms with Gasteiger partial charge in [-0.25, -0.2) is 0 Å². The van der Waals surface area contributed by atoms with Crippen molar-refractivity contribution in [2.75, 3.05) is 5.88 Å². The van der Waals surface area contributed by atoms with E-state index in [1.807, 2.05) is 0 Å². The van der Waals surface area contributed by atoms with Crippen molar-refractivity contribution in [1.82, 2.24) is 0 Å². The summed E-state index contributed by atoms with van der Waals surface area (Å²) in [5.41, 5.74) is 0. The van der Waals surface area contributed by atoms with E-state index < -0.39 is 0 Å². The van der Waals surface area contributed by atoms with E-state index in [9.17, 15) is 0 Å². The van der Waals surface area contributed by atoms with Gasteiger partial charge in [0.25, 0.3) is 0 Å². The lowest BCUT2D eigenvalue weighted by atomic mass is 10.1. The Morgan fingerprint density at radius 3 is 1.72 bits per heavy atom. The first-order chi connectivity index (χ1) is 8.91. The molecule has 0 fully saturated rings. The molecule has 0 amide bonds. The molecule has 0 unspecified atom stereocenters. The second-order valence-corrected chi connectivity index (χ2v) is 5.33. The highest BCUT2D eigenvalue weighted by Crippen LogP contribution is 2.09. The second-order valence-electron chi connectivity index (χ2n) is 4.95. The van der Waals surface area contributed by atoms with Crippen molar-refractivity contribution in [2.24, 2.45) is 0 Å². The van der Waals surface area contributed by atoms with Crippen LogP contribution in [0.15, 0.2) is 24.3 Å². The Balaban J connectivity index is 3.10. The molecule has 0 bridgehead atoms. The van der Waals surface area contributed by atoms with Gasteiger partial charge in [0.1, 0.15) is 0 Å². The zero-order chi connectivity index (χ0) is 13.3. The van der Waals surface area contributed by atoms with Gasteiger partial charge in [-0.2, -0.15) is 0 Å². The van der Waals surface area contributed by atoms with E-state index in [2.05, 4.69) is 31.2 Å². The minimum absolute atomic E-state index is 0.830. The van der Waals surface area contributed by atoms with Crippen LogP contribution in [-0.4, -0.2) is 5.88 Å². The predicted molar refractivity (Wildman–Crippen MR) is 85.5 cm³/mol. The summed E-state index contributed by atoms with van der Waals surface area (Å²) in [7, 11) is 0. The van der Waals surface area contributed by atoms with Gasteiger partial charge >= 0.3 is 0 Å². The van der Waals surface area contributed by atoms with Crippen LogP contribution in [0.25, 0.3) is 0 Å². The molecule has 1 heteroatoms. The lowest BCUT2D eigenvalue weighted by Crippen LogP contribution is -1.81. The molecule has 0 rings (SSSR count). The number of halogens is 1. The van der Waals surface area contributed by atoms with Crippen molar-refractivity contribution < 1.29 is 0 Å². The largest absolute Gasteiger partial charge is 0.127 e. The Morgan fingerprint density at radius 1 is 0.667 bits per heavy atom. The molecule has 0 nitrogen and oxygen atoms in total. The third-order valence-electron chi connectivity index (χ3n) is 3.11. The molecule has 0 spiro atoms. The fraction of sp³-hybridized carbons (Fsp3) is 0.765. The van der Waals surface area contributed by atoms with Gasteiger partial charge in [0, 0.05) is 5.88 Å². The van der Waals surface area contributed by atoms with Gasteiger partial charge in [-0.3, -0.25) is 0 Å². The molecule has 0 N–H and O–H groups in total. The molecule has 0 aromatic rings. The monoisotopic (exact) mass is 270 g/mol. The summed E-state index contributed by atoms with van der Waals surface area (Å²) in [5, 5.41) is 0. The average Bonchev–Trinajstić information content (AvgIpc) is 2.39. The summed E-state index contributed by atoms with van der Waals surface area (Å²) in [6.07, 6.45) is 23.4. The van der Waals surface area contributed by atoms with Crippen LogP contribution < -0.4 is 0 Å². The second kappa shape index (κ2) is 16.8. The van der Waals surface area contributed by atoms with E-state index in [-0.39, 0.29) is 0 Å². The van der Waals surface area contributed by atoms with Crippen LogP contribution >= 0.6 is 11.6 Å². The molecule has 0 saturated heterocycles. The number of allylic oxidation sites excluding steroid dienone is 4. The molecule has 0 heterocycles. The minimum Gasteiger partial charge on any atom is -0.127 e. The lowest BCUT2D eigenvalue weighted by molar-refractivity contribution is 0.593. The Labute approximate surface area is 120 Å². The average molecular weight is 271 g/mol. The summed E-state index contributed by atoms with van der Waals surface area (Å²) in [4.78, 5) is 0. The molecule has 0 aromatic heterocycles. The summed E-state index contributed by atoms with van der Waals surface area (Å²) >= 11 is 5.64. The van der Waals surface area contributed by atoms with Crippen LogP contribution in [-0.2, 0) is 0 Å². The number of hydrogen-bond acceptors (Lipinski definition) is 0. The Morgan fingerprint density at radius 2 is 1.17 bits per heavy atom. The normalized spacial score (nSPS) is 11.9. The molecule has 0 atom stereocenters. The zero-order valence-corrected chi connectivity index (χ0v) is 12.9. The Kier molecular flexibility index (Phi) is 16.6. The van der Waals surface area contributed by atoms with E-state index in [1.165, 1.54) is 70.6 Å². The van der Waals surface area contributed by atoms with Crippen molar-refractivity contribution in [3.63, 3.8) is 0 Å². The Hall–Kier alpha value is -0.230. The van der Waals surface area contributed by atoms with Gasteiger partial charge < -0.3 is 0 Å². The summed E-state index contributed by atoms with van der Waals surface area (Å²) < 4.78 is 0. The van der Waals surface area contributed by atoms with Gasteiger partial charge in [0.05, 0.1) is 0 Å². The molecule has 0 radical (unpaired) electrons. The number of unbranched alkanes of at least 4 members (excludes halogenated alkanes) is 9. The van der Waals surface area contributed by atoms with Crippen LogP contribution in [0.3, 0.4) is 0 Å². The summed E-state index contributed by atoms with van der Waals surface area (Å²) in [5.74, 6) is 0.830. The number of hydrogen-bond donors (Lipinski definition) is 0. The molecule has 106 valence electrons. The van der Waals surface area contributed by atoms with Crippen LogP contribution in [0.4, 0.5) is 0 Å². The molecule has 0 aliphatic carbocycles. The van der Waals surface area contributed by atoms with Crippen LogP contribution in [0.5, 0.6) is 0 Å². The van der Waals surface area contributed by atoms with E-state index in [0.717, 1.165) is 5.88 Å². The summed E-state index contributed by atoms with van der Waals surface area (Å²) in [6, 6.07) is 0. The summed E-state index contributed by atoms with van der Waals surface area (Å²) in [6.45, 7) is 2.24. The SMILES string of the molecule is CCCC/C=C/C=C\CCCCCCCCCCl. The van der Waals surface area contributed by atoms with E-state index in [4.69, 9.17) is 11.6 Å². The maximum absolute atomic E-state index is 5.64. The molecule has 0 aliphatic heterocycles. The van der Waals surface area contributed by atoms with Crippen molar-refractivity contribution in [3.8, 4) is 0 Å². The predicted octanol–water partition coefficient (Wildman–Crippen LogP) is 6.65. The minimum atomic E-state index is 0.830. The number of alkyl halides is 1. The number of rotatable bonds is 13. The quantitative estimate of drug-likeness (QED) is 0.200. The Bertz CT molecular complexity index is 194. The van der Waals surface area contributed by atoms with E-state index in [1.54, 1.807) is 0 Å². The molecule has 18 heavy (non-hydrogen) atoms. The van der Waals surface area contributed by atoms with Gasteiger partial charge in [-0.1, -0.05) is 76.2 Å². The first-order valence-corrected chi connectivity index (χ1v) is 8.33. The van der Waals surface area contributed by atoms with Gasteiger partial charge in [0.15, 0.2) is 0 Å². The van der Waals surface area contributed by atoms with Gasteiger partial charge in [-0.15, -0.1) is 11.6 Å².